The average Bonchev–Trinajstić information content (AvgIpc) is 3.25. The first-order valence-corrected chi connectivity index (χ1v) is 24.1. The normalized spacial score (nSPS) is 12.1. The zero-order valence-electron chi connectivity index (χ0n) is 32.8. The predicted octanol–water partition coefficient (Wildman–Crippen LogP) is 8.91. The fourth-order valence-corrected chi connectivity index (χ4v) is 10.3. The molecule has 0 spiro atoms. The van der Waals surface area contributed by atoms with E-state index < -0.39 is 71.0 Å². The Bertz CT molecular complexity index is 3300. The summed E-state index contributed by atoms with van der Waals surface area (Å²) in [5.41, 5.74) is 2.03. The summed E-state index contributed by atoms with van der Waals surface area (Å²) >= 11 is 0. The lowest BCUT2D eigenvalue weighted by atomic mass is 10.1. The van der Waals surface area contributed by atoms with Crippen LogP contribution in [-0.2, 0) is 39.9 Å². The molecule has 324 valence electrons. The molecule has 0 saturated heterocycles. The zero-order chi connectivity index (χ0) is 45.3. The molecule has 0 aromatic heterocycles. The molecular formula is C44H34O15S4. The quantitative estimate of drug-likeness (QED) is 0.0864. The Labute approximate surface area is 362 Å². The van der Waals surface area contributed by atoms with Gasteiger partial charge in [0, 0.05) is 6.07 Å². The van der Waals surface area contributed by atoms with E-state index in [1.54, 1.807) is 31.4 Å². The molecule has 19 heteroatoms. The minimum Gasteiger partial charge on any atom is -0.504 e. The van der Waals surface area contributed by atoms with Crippen molar-refractivity contribution >= 4 is 39.9 Å². The molecule has 7 aromatic rings. The van der Waals surface area contributed by atoms with E-state index in [9.17, 15) is 47.9 Å². The molecule has 3 N–H and O–H groups in total. The molecule has 0 fully saturated rings. The maximum absolute atomic E-state index is 13.4. The van der Waals surface area contributed by atoms with Crippen LogP contribution in [0.25, 0.3) is 11.1 Å². The van der Waals surface area contributed by atoms with E-state index in [4.69, 9.17) is 18.9 Å². The summed E-state index contributed by atoms with van der Waals surface area (Å²) in [5, 5.41) is 10.7. The van der Waals surface area contributed by atoms with Crippen LogP contribution in [0.4, 0.5) is 0 Å². The number of rotatable bonds is 14. The summed E-state index contributed by atoms with van der Waals surface area (Å²) in [6.45, 7) is 1.33. The highest BCUT2D eigenvalue weighted by atomic mass is 32.2. The van der Waals surface area contributed by atoms with Gasteiger partial charge in [0.1, 0.15) is 39.4 Å². The Hall–Kier alpha value is -6.74. The van der Waals surface area contributed by atoms with Gasteiger partial charge in [-0.1, -0.05) is 30.3 Å². The number of aromatic hydroxyl groups is 1. The first kappa shape index (κ1) is 44.3. The molecule has 15 nitrogen and oxygen atoms in total. The fraction of sp³-hybridized carbons (Fsp3) is 0.0455. The second kappa shape index (κ2) is 17.2. The number of phenolic OH excluding ortho intramolecular Hbond substituents is 1. The Balaban J connectivity index is 1.01. The van der Waals surface area contributed by atoms with Gasteiger partial charge in [0.2, 0.25) is 19.7 Å². The molecular weight excluding hydrogens is 897 g/mol. The van der Waals surface area contributed by atoms with Crippen LogP contribution in [-0.4, -0.2) is 55.0 Å². The molecule has 0 atom stereocenters. The molecule has 0 saturated carbocycles. The molecule has 0 aliphatic rings. The summed E-state index contributed by atoms with van der Waals surface area (Å²) in [6, 6.07) is 35.3. The van der Waals surface area contributed by atoms with Crippen molar-refractivity contribution in [1.82, 2.24) is 0 Å². The van der Waals surface area contributed by atoms with E-state index in [2.05, 4.69) is 0 Å². The molecule has 7 aromatic carbocycles. The second-order valence-corrected chi connectivity index (χ2v) is 20.3. The van der Waals surface area contributed by atoms with Gasteiger partial charge in [-0.2, -0.15) is 16.8 Å². The van der Waals surface area contributed by atoms with Crippen LogP contribution in [0.1, 0.15) is 5.56 Å². The van der Waals surface area contributed by atoms with Crippen molar-refractivity contribution in [2.75, 3.05) is 7.11 Å². The highest BCUT2D eigenvalue weighted by Crippen LogP contribution is 2.39. The van der Waals surface area contributed by atoms with Gasteiger partial charge in [0.15, 0.2) is 11.5 Å². The largest absolute Gasteiger partial charge is 0.504 e. The Morgan fingerprint density at radius 2 is 0.778 bits per heavy atom. The van der Waals surface area contributed by atoms with Crippen molar-refractivity contribution in [3.63, 3.8) is 0 Å². The van der Waals surface area contributed by atoms with Gasteiger partial charge < -0.3 is 24.1 Å². The number of benzene rings is 7. The number of hydrogen-bond acceptors (Lipinski definition) is 13. The van der Waals surface area contributed by atoms with Crippen molar-refractivity contribution in [1.29, 1.82) is 0 Å². The Kier molecular flexibility index (Phi) is 12.1. The minimum atomic E-state index is -5.14. The monoisotopic (exact) mass is 930 g/mol. The minimum absolute atomic E-state index is 0.0144. The average molecular weight is 931 g/mol. The van der Waals surface area contributed by atoms with Crippen LogP contribution in [0.2, 0.25) is 0 Å². The zero-order valence-corrected chi connectivity index (χ0v) is 36.1. The van der Waals surface area contributed by atoms with Gasteiger partial charge in [-0.05, 0) is 139 Å². The number of sulfone groups is 2. The first-order valence-electron chi connectivity index (χ1n) is 18.2. The SMILES string of the molecule is COc1ccc(-c2ccc(Oc3ccc(S(=O)(=O)c4ccc(Oc5ccc(Oc6ccc(S(=O)(=O)c7ccc(C)c(S(=O)(=O)O)c7)cc6S(=O)(=O)O)cc5O)cc4)cc3)cc2)cc1. The maximum atomic E-state index is 13.4. The lowest BCUT2D eigenvalue weighted by molar-refractivity contribution is 0.403. The van der Waals surface area contributed by atoms with Crippen LogP contribution in [0.5, 0.6) is 46.0 Å². The molecule has 0 heterocycles. The van der Waals surface area contributed by atoms with Crippen molar-refractivity contribution in [3.05, 3.63) is 157 Å². The van der Waals surface area contributed by atoms with E-state index in [1.165, 1.54) is 55.5 Å². The van der Waals surface area contributed by atoms with Gasteiger partial charge in [0.25, 0.3) is 20.2 Å². The van der Waals surface area contributed by atoms with E-state index in [0.717, 1.165) is 47.2 Å². The number of methoxy groups -OCH3 is 1. The third-order valence-electron chi connectivity index (χ3n) is 9.42. The number of ether oxygens (including phenoxy) is 4. The van der Waals surface area contributed by atoms with Crippen molar-refractivity contribution in [2.45, 2.75) is 36.3 Å². The molecule has 7 rings (SSSR count). The Morgan fingerprint density at radius 3 is 1.27 bits per heavy atom. The van der Waals surface area contributed by atoms with Crippen molar-refractivity contribution in [2.24, 2.45) is 0 Å². The summed E-state index contributed by atoms with van der Waals surface area (Å²) in [5.74, 6) is 0.560. The number of hydrogen-bond donors (Lipinski definition) is 3. The molecule has 0 radical (unpaired) electrons. The second-order valence-electron chi connectivity index (χ2n) is 13.6. The fourth-order valence-electron chi connectivity index (χ4n) is 6.15. The highest BCUT2D eigenvalue weighted by Gasteiger charge is 2.27. The molecule has 0 aliphatic carbocycles. The third-order valence-corrected chi connectivity index (χ3v) is 14.8. The standard InChI is InChI=1S/C44H34O15S4/c1-28-3-17-38(26-43(28)62(50,51)52)61(48,49)39-22-24-42(44(27-39)63(53,54)55)59-35-16-23-41(40(45)25-35)58-34-14-20-37(21-15-34)60(46,47)36-18-12-33(13-19-36)57-32-10-6-30(7-11-32)29-4-8-31(56-2)9-5-29/h3-27,45H,1-2H3,(H,50,51,52)(H,53,54,55). The van der Waals surface area contributed by atoms with E-state index in [0.29, 0.717) is 23.6 Å². The van der Waals surface area contributed by atoms with Crippen LogP contribution >= 0.6 is 0 Å². The van der Waals surface area contributed by atoms with Gasteiger partial charge >= 0.3 is 0 Å². The summed E-state index contributed by atoms with van der Waals surface area (Å²) in [4.78, 5) is -2.93. The lowest BCUT2D eigenvalue weighted by Crippen LogP contribution is -2.08. The Morgan fingerprint density at radius 1 is 0.397 bits per heavy atom. The van der Waals surface area contributed by atoms with E-state index >= 15 is 0 Å². The topological polar surface area (TPSA) is 234 Å². The summed E-state index contributed by atoms with van der Waals surface area (Å²) in [7, 11) is -16.9. The van der Waals surface area contributed by atoms with Crippen LogP contribution in [0, 0.1) is 6.92 Å². The highest BCUT2D eigenvalue weighted by molar-refractivity contribution is 7.92. The molecule has 0 bridgehead atoms. The van der Waals surface area contributed by atoms with E-state index in [1.807, 2.05) is 36.4 Å². The van der Waals surface area contributed by atoms with Gasteiger partial charge in [0.05, 0.1) is 31.6 Å². The van der Waals surface area contributed by atoms with E-state index in [-0.39, 0.29) is 32.6 Å². The lowest BCUT2D eigenvalue weighted by Gasteiger charge is -2.14. The van der Waals surface area contributed by atoms with Crippen LogP contribution < -0.4 is 18.9 Å². The molecule has 0 amide bonds. The van der Waals surface area contributed by atoms with Crippen LogP contribution in [0.3, 0.4) is 0 Å². The smallest absolute Gasteiger partial charge is 0.298 e. The molecule has 0 aliphatic heterocycles. The van der Waals surface area contributed by atoms with Crippen molar-refractivity contribution in [3.8, 4) is 57.1 Å². The van der Waals surface area contributed by atoms with Crippen LogP contribution in [0.15, 0.2) is 181 Å². The van der Waals surface area contributed by atoms with Gasteiger partial charge in [-0.25, -0.2) is 16.8 Å². The first-order chi connectivity index (χ1) is 29.7. The number of phenols is 1. The number of aryl methyl sites for hydroxylation is 1. The molecule has 0 unspecified atom stereocenters. The van der Waals surface area contributed by atoms with Crippen molar-refractivity contribution < 1.29 is 66.8 Å². The summed E-state index contributed by atoms with van der Waals surface area (Å²) in [6.07, 6.45) is 0. The predicted molar refractivity (Wildman–Crippen MR) is 228 cm³/mol. The van der Waals surface area contributed by atoms with Gasteiger partial charge in [-0.15, -0.1) is 0 Å². The maximum Gasteiger partial charge on any atom is 0.298 e. The third kappa shape index (κ3) is 9.83. The molecule has 63 heavy (non-hydrogen) atoms. The summed E-state index contributed by atoms with van der Waals surface area (Å²) < 4.78 is 144. The van der Waals surface area contributed by atoms with Gasteiger partial charge in [-0.3, -0.25) is 9.11 Å².